The van der Waals surface area contributed by atoms with Crippen LogP contribution < -0.4 is 20.9 Å². The Kier molecular flexibility index (Phi) is 6.91. The SMILES string of the molecule is CN=C(NCCNc1ncccc1C(F)(F)F)NC1CCN(c2ncccc2F)C1. The lowest BCUT2D eigenvalue weighted by molar-refractivity contribution is -0.137. The molecule has 1 aliphatic heterocycles. The number of nitrogens with one attached hydrogen (secondary N) is 3. The fourth-order valence-corrected chi connectivity index (χ4v) is 3.21. The van der Waals surface area contributed by atoms with Crippen molar-refractivity contribution in [2.75, 3.05) is 43.4 Å². The van der Waals surface area contributed by atoms with Crippen LogP contribution in [0.25, 0.3) is 0 Å². The Bertz CT molecular complexity index is 872. The van der Waals surface area contributed by atoms with Crippen molar-refractivity contribution in [2.24, 2.45) is 4.99 Å². The molecule has 162 valence electrons. The Morgan fingerprint density at radius 1 is 1.20 bits per heavy atom. The van der Waals surface area contributed by atoms with Crippen molar-refractivity contribution in [1.82, 2.24) is 20.6 Å². The fraction of sp³-hybridized carbons (Fsp3) is 0.421. The summed E-state index contributed by atoms with van der Waals surface area (Å²) in [5.74, 6) is 0.269. The molecule has 1 saturated heterocycles. The van der Waals surface area contributed by atoms with E-state index in [9.17, 15) is 17.6 Å². The number of hydrogen-bond acceptors (Lipinski definition) is 5. The van der Waals surface area contributed by atoms with Crippen LogP contribution in [-0.4, -0.2) is 55.2 Å². The maximum Gasteiger partial charge on any atom is 0.419 e. The number of nitrogens with zero attached hydrogens (tertiary/aromatic N) is 4. The highest BCUT2D eigenvalue weighted by Crippen LogP contribution is 2.33. The Morgan fingerprint density at radius 3 is 2.70 bits per heavy atom. The number of aliphatic imine (C=N–C) groups is 1. The molecule has 0 amide bonds. The van der Waals surface area contributed by atoms with Crippen LogP contribution in [-0.2, 0) is 6.18 Å². The molecule has 1 atom stereocenters. The van der Waals surface area contributed by atoms with Crippen LogP contribution in [0.3, 0.4) is 0 Å². The molecule has 1 unspecified atom stereocenters. The zero-order valence-electron chi connectivity index (χ0n) is 16.4. The topological polar surface area (TPSA) is 77.5 Å². The molecule has 1 fully saturated rings. The maximum absolute atomic E-state index is 13.9. The average Bonchev–Trinajstić information content (AvgIpc) is 3.18. The predicted octanol–water partition coefficient (Wildman–Crippen LogP) is 2.49. The third-order valence-electron chi connectivity index (χ3n) is 4.61. The van der Waals surface area contributed by atoms with E-state index in [1.54, 1.807) is 19.3 Å². The third kappa shape index (κ3) is 5.49. The number of rotatable bonds is 6. The molecule has 30 heavy (non-hydrogen) atoms. The molecule has 3 N–H and O–H groups in total. The molecule has 3 heterocycles. The van der Waals surface area contributed by atoms with E-state index in [2.05, 4.69) is 30.9 Å². The van der Waals surface area contributed by atoms with E-state index in [0.29, 0.717) is 31.4 Å². The summed E-state index contributed by atoms with van der Waals surface area (Å²) >= 11 is 0. The molecule has 0 bridgehead atoms. The van der Waals surface area contributed by atoms with E-state index in [-0.39, 0.29) is 24.2 Å². The Morgan fingerprint density at radius 2 is 1.97 bits per heavy atom. The first-order valence-corrected chi connectivity index (χ1v) is 9.47. The minimum Gasteiger partial charge on any atom is -0.368 e. The summed E-state index contributed by atoms with van der Waals surface area (Å²) < 4.78 is 52.9. The number of hydrogen-bond donors (Lipinski definition) is 3. The van der Waals surface area contributed by atoms with Gasteiger partial charge in [0.2, 0.25) is 0 Å². The summed E-state index contributed by atoms with van der Waals surface area (Å²) in [5.41, 5.74) is -0.805. The summed E-state index contributed by atoms with van der Waals surface area (Å²) in [5, 5.41) is 8.99. The molecule has 0 radical (unpaired) electrons. The van der Waals surface area contributed by atoms with Gasteiger partial charge in [0.15, 0.2) is 17.6 Å². The van der Waals surface area contributed by atoms with Crippen LogP contribution in [0.15, 0.2) is 41.7 Å². The van der Waals surface area contributed by atoms with Crippen LogP contribution in [0.2, 0.25) is 0 Å². The summed E-state index contributed by atoms with van der Waals surface area (Å²) in [6, 6.07) is 5.20. The van der Waals surface area contributed by atoms with E-state index in [1.807, 2.05) is 4.90 Å². The normalized spacial score (nSPS) is 17.2. The van der Waals surface area contributed by atoms with Gasteiger partial charge in [-0.2, -0.15) is 13.2 Å². The maximum atomic E-state index is 13.9. The number of guanidine groups is 1. The van der Waals surface area contributed by atoms with E-state index in [0.717, 1.165) is 12.5 Å². The van der Waals surface area contributed by atoms with E-state index in [4.69, 9.17) is 0 Å². The Hall–Kier alpha value is -3.11. The van der Waals surface area contributed by atoms with Crippen molar-refractivity contribution in [1.29, 1.82) is 0 Å². The summed E-state index contributed by atoms with van der Waals surface area (Å²) in [7, 11) is 1.61. The molecule has 3 rings (SSSR count). The molecular weight excluding hydrogens is 402 g/mol. The van der Waals surface area contributed by atoms with E-state index < -0.39 is 11.7 Å². The first kappa shape index (κ1) is 21.6. The molecule has 0 aliphatic carbocycles. The lowest BCUT2D eigenvalue weighted by Gasteiger charge is -2.20. The lowest BCUT2D eigenvalue weighted by atomic mass is 10.2. The average molecular weight is 425 g/mol. The van der Waals surface area contributed by atoms with E-state index >= 15 is 0 Å². The van der Waals surface area contributed by atoms with Gasteiger partial charge in [-0.05, 0) is 30.7 Å². The van der Waals surface area contributed by atoms with Gasteiger partial charge in [-0.1, -0.05) is 0 Å². The van der Waals surface area contributed by atoms with Gasteiger partial charge in [-0.15, -0.1) is 0 Å². The zero-order valence-corrected chi connectivity index (χ0v) is 16.4. The second kappa shape index (κ2) is 9.59. The highest BCUT2D eigenvalue weighted by atomic mass is 19.4. The molecule has 7 nitrogen and oxygen atoms in total. The van der Waals surface area contributed by atoms with Gasteiger partial charge in [0.1, 0.15) is 5.82 Å². The van der Waals surface area contributed by atoms with E-state index in [1.165, 1.54) is 18.3 Å². The number of halogens is 4. The molecule has 11 heteroatoms. The first-order valence-electron chi connectivity index (χ1n) is 9.47. The molecule has 0 aromatic carbocycles. The van der Waals surface area contributed by atoms with Crippen LogP contribution >= 0.6 is 0 Å². The van der Waals surface area contributed by atoms with Crippen LogP contribution in [0, 0.1) is 5.82 Å². The standard InChI is InChI=1S/C19H23F4N7/c1-24-18(28-10-9-26-16-14(19(21,22)23)4-2-7-25-16)29-13-6-11-30(12-13)17-15(20)5-3-8-27-17/h2-5,7-8,13H,6,9-12H2,1H3,(H,25,26)(H2,24,28,29). The summed E-state index contributed by atoms with van der Waals surface area (Å²) in [6.45, 7) is 1.77. The van der Waals surface area contributed by atoms with Crippen molar-refractivity contribution in [2.45, 2.75) is 18.6 Å². The van der Waals surface area contributed by atoms with Crippen molar-refractivity contribution in [3.8, 4) is 0 Å². The van der Waals surface area contributed by atoms with Crippen LogP contribution in [0.4, 0.5) is 29.2 Å². The minimum absolute atomic E-state index is 0.0400. The first-order chi connectivity index (χ1) is 14.4. The van der Waals surface area contributed by atoms with Crippen LogP contribution in [0.1, 0.15) is 12.0 Å². The summed E-state index contributed by atoms with van der Waals surface area (Å²) in [6.07, 6.45) is -0.832. The Balaban J connectivity index is 1.46. The van der Waals surface area contributed by atoms with Gasteiger partial charge in [0.05, 0.1) is 5.56 Å². The van der Waals surface area contributed by atoms with Gasteiger partial charge in [0.25, 0.3) is 0 Å². The van der Waals surface area contributed by atoms with Crippen molar-refractivity contribution < 1.29 is 17.6 Å². The van der Waals surface area contributed by atoms with Crippen molar-refractivity contribution in [3.05, 3.63) is 48.0 Å². The van der Waals surface area contributed by atoms with Gasteiger partial charge in [-0.25, -0.2) is 14.4 Å². The highest BCUT2D eigenvalue weighted by Gasteiger charge is 2.34. The lowest BCUT2D eigenvalue weighted by Crippen LogP contribution is -2.45. The summed E-state index contributed by atoms with van der Waals surface area (Å²) in [4.78, 5) is 13.8. The monoisotopic (exact) mass is 425 g/mol. The largest absolute Gasteiger partial charge is 0.419 e. The minimum atomic E-state index is -4.47. The van der Waals surface area contributed by atoms with Gasteiger partial charge < -0.3 is 20.9 Å². The molecular formula is C19H23F4N7. The van der Waals surface area contributed by atoms with Crippen molar-refractivity contribution >= 4 is 17.6 Å². The molecule has 2 aromatic heterocycles. The van der Waals surface area contributed by atoms with Gasteiger partial charge >= 0.3 is 6.18 Å². The smallest absolute Gasteiger partial charge is 0.368 e. The van der Waals surface area contributed by atoms with Gasteiger partial charge in [0, 0.05) is 51.7 Å². The van der Waals surface area contributed by atoms with Crippen molar-refractivity contribution in [3.63, 3.8) is 0 Å². The van der Waals surface area contributed by atoms with Crippen LogP contribution in [0.5, 0.6) is 0 Å². The number of aromatic nitrogens is 2. The highest BCUT2D eigenvalue weighted by molar-refractivity contribution is 5.80. The number of alkyl halides is 3. The molecule has 2 aromatic rings. The second-order valence-electron chi connectivity index (χ2n) is 6.71. The quantitative estimate of drug-likeness (QED) is 0.286. The molecule has 0 saturated carbocycles. The number of pyridine rings is 2. The third-order valence-corrected chi connectivity index (χ3v) is 4.61. The zero-order chi connectivity index (χ0) is 21.6. The number of anilines is 2. The van der Waals surface area contributed by atoms with Gasteiger partial charge in [-0.3, -0.25) is 4.99 Å². The fourth-order valence-electron chi connectivity index (χ4n) is 3.21. The molecule has 1 aliphatic rings. The second-order valence-corrected chi connectivity index (χ2v) is 6.71. The Labute approximate surface area is 171 Å². The molecule has 0 spiro atoms. The predicted molar refractivity (Wildman–Crippen MR) is 107 cm³/mol.